The maximum atomic E-state index is 12.6. The smallest absolute Gasteiger partial charge is 0.283 e. The lowest BCUT2D eigenvalue weighted by molar-refractivity contribution is -0.387. The van der Waals surface area contributed by atoms with Gasteiger partial charge in [-0.05, 0) is 36.4 Å². The SMILES string of the molecule is COc1ccccc1NC(=O)c1ccc(SCC(=O)NCc2ccccn2)c([N+](=O)[O-])c1. The first kappa shape index (κ1) is 22.8. The van der Waals surface area contributed by atoms with Crippen LogP contribution in [-0.4, -0.2) is 34.6 Å². The molecular weight excluding hydrogens is 432 g/mol. The second-order valence-corrected chi connectivity index (χ2v) is 7.50. The highest BCUT2D eigenvalue weighted by Gasteiger charge is 2.19. The van der Waals surface area contributed by atoms with Crippen LogP contribution < -0.4 is 15.4 Å². The number of carbonyl (C=O) groups excluding carboxylic acids is 2. The molecule has 0 aliphatic heterocycles. The number of nitro groups is 1. The van der Waals surface area contributed by atoms with Crippen molar-refractivity contribution in [2.75, 3.05) is 18.2 Å². The number of hydrogen-bond donors (Lipinski definition) is 2. The van der Waals surface area contributed by atoms with Crippen LogP contribution in [0, 0.1) is 10.1 Å². The maximum absolute atomic E-state index is 12.6. The number of nitrogens with one attached hydrogen (secondary N) is 2. The lowest BCUT2D eigenvalue weighted by atomic mass is 10.2. The summed E-state index contributed by atoms with van der Waals surface area (Å²) < 4.78 is 5.20. The minimum atomic E-state index is -0.575. The van der Waals surface area contributed by atoms with E-state index in [9.17, 15) is 19.7 Å². The van der Waals surface area contributed by atoms with E-state index in [4.69, 9.17) is 4.74 Å². The number of pyridine rings is 1. The highest BCUT2D eigenvalue weighted by Crippen LogP contribution is 2.31. The minimum Gasteiger partial charge on any atom is -0.495 e. The normalized spacial score (nSPS) is 10.3. The number of rotatable bonds is 9. The molecule has 0 fully saturated rings. The molecule has 1 aromatic heterocycles. The van der Waals surface area contributed by atoms with Crippen LogP contribution in [0.25, 0.3) is 0 Å². The van der Waals surface area contributed by atoms with E-state index >= 15 is 0 Å². The Morgan fingerprint density at radius 1 is 1.12 bits per heavy atom. The van der Waals surface area contributed by atoms with Gasteiger partial charge in [-0.3, -0.25) is 24.7 Å². The Balaban J connectivity index is 1.65. The topological polar surface area (TPSA) is 123 Å². The van der Waals surface area contributed by atoms with Gasteiger partial charge in [-0.1, -0.05) is 18.2 Å². The standard InChI is InChI=1S/C22H20N4O5S/c1-31-19-8-3-2-7-17(19)25-22(28)15-9-10-20(18(12-15)26(29)30)32-14-21(27)24-13-16-6-4-5-11-23-16/h2-12H,13-14H2,1H3,(H,24,27)(H,25,28). The quantitative estimate of drug-likeness (QED) is 0.288. The molecule has 0 bridgehead atoms. The molecule has 3 aromatic rings. The monoisotopic (exact) mass is 452 g/mol. The van der Waals surface area contributed by atoms with E-state index < -0.39 is 10.8 Å². The summed E-state index contributed by atoms with van der Waals surface area (Å²) in [6.07, 6.45) is 1.63. The van der Waals surface area contributed by atoms with Crippen LogP contribution in [0.5, 0.6) is 5.75 Å². The Labute approximate surface area is 188 Å². The number of aromatic nitrogens is 1. The number of ether oxygens (including phenoxy) is 1. The van der Waals surface area contributed by atoms with E-state index in [0.29, 0.717) is 17.1 Å². The molecule has 10 heteroatoms. The van der Waals surface area contributed by atoms with Gasteiger partial charge in [0.15, 0.2) is 0 Å². The summed E-state index contributed by atoms with van der Waals surface area (Å²) in [5.74, 6) is -0.338. The van der Waals surface area contributed by atoms with Gasteiger partial charge in [0.05, 0.1) is 40.6 Å². The van der Waals surface area contributed by atoms with Gasteiger partial charge in [0, 0.05) is 17.8 Å². The summed E-state index contributed by atoms with van der Waals surface area (Å²) in [6, 6.07) is 16.4. The molecular formula is C22H20N4O5S. The number of nitrogens with zero attached hydrogens (tertiary/aromatic N) is 2. The molecule has 0 spiro atoms. The van der Waals surface area contributed by atoms with Gasteiger partial charge in [0.1, 0.15) is 5.75 Å². The number of nitro benzene ring substituents is 1. The van der Waals surface area contributed by atoms with Crippen LogP contribution in [0.1, 0.15) is 16.1 Å². The van der Waals surface area contributed by atoms with Gasteiger partial charge in [-0.15, -0.1) is 11.8 Å². The molecule has 0 unspecified atom stereocenters. The van der Waals surface area contributed by atoms with Crippen LogP contribution in [0.2, 0.25) is 0 Å². The average molecular weight is 452 g/mol. The zero-order valence-electron chi connectivity index (χ0n) is 17.1. The Morgan fingerprint density at radius 3 is 2.62 bits per heavy atom. The van der Waals surface area contributed by atoms with E-state index in [-0.39, 0.29) is 34.4 Å². The first-order chi connectivity index (χ1) is 15.5. The molecule has 2 amide bonds. The van der Waals surface area contributed by atoms with Gasteiger partial charge in [0.25, 0.3) is 11.6 Å². The van der Waals surface area contributed by atoms with Crippen LogP contribution in [0.15, 0.2) is 71.8 Å². The van der Waals surface area contributed by atoms with Crippen molar-refractivity contribution < 1.29 is 19.2 Å². The molecule has 1 heterocycles. The third kappa shape index (κ3) is 6.05. The second-order valence-electron chi connectivity index (χ2n) is 6.48. The Bertz CT molecular complexity index is 1120. The van der Waals surface area contributed by atoms with Crippen LogP contribution >= 0.6 is 11.8 Å². The van der Waals surface area contributed by atoms with Crippen molar-refractivity contribution in [1.29, 1.82) is 0 Å². The first-order valence-corrected chi connectivity index (χ1v) is 10.5. The third-order valence-electron chi connectivity index (χ3n) is 4.32. The summed E-state index contributed by atoms with van der Waals surface area (Å²) in [7, 11) is 1.48. The Morgan fingerprint density at radius 2 is 1.91 bits per heavy atom. The molecule has 3 rings (SSSR count). The maximum Gasteiger partial charge on any atom is 0.283 e. The summed E-state index contributed by atoms with van der Waals surface area (Å²) in [5, 5.41) is 16.9. The number of methoxy groups -OCH3 is 1. The highest BCUT2D eigenvalue weighted by atomic mass is 32.2. The van der Waals surface area contributed by atoms with E-state index in [1.54, 1.807) is 42.6 Å². The molecule has 9 nitrogen and oxygen atoms in total. The van der Waals surface area contributed by atoms with E-state index in [0.717, 1.165) is 11.8 Å². The van der Waals surface area contributed by atoms with E-state index in [1.165, 1.54) is 25.3 Å². The zero-order chi connectivity index (χ0) is 22.9. The fraction of sp³-hybridized carbons (Fsp3) is 0.136. The zero-order valence-corrected chi connectivity index (χ0v) is 17.9. The van der Waals surface area contributed by atoms with Crippen molar-refractivity contribution in [2.24, 2.45) is 0 Å². The van der Waals surface area contributed by atoms with Gasteiger partial charge >= 0.3 is 0 Å². The number of anilines is 1. The van der Waals surface area contributed by atoms with Crippen molar-refractivity contribution in [3.8, 4) is 5.75 Å². The van der Waals surface area contributed by atoms with Crippen molar-refractivity contribution >= 4 is 35.0 Å². The number of hydrogen-bond acceptors (Lipinski definition) is 7. The predicted octanol–water partition coefficient (Wildman–Crippen LogP) is 3.66. The van der Waals surface area contributed by atoms with Gasteiger partial charge in [-0.2, -0.15) is 0 Å². The van der Waals surface area contributed by atoms with Crippen molar-refractivity contribution in [1.82, 2.24) is 10.3 Å². The molecule has 0 aliphatic carbocycles. The number of benzene rings is 2. The summed E-state index contributed by atoms with van der Waals surface area (Å²) in [4.78, 5) is 40.1. The summed E-state index contributed by atoms with van der Waals surface area (Å²) >= 11 is 1.02. The van der Waals surface area contributed by atoms with Gasteiger partial charge < -0.3 is 15.4 Å². The Kier molecular flexibility index (Phi) is 7.76. The van der Waals surface area contributed by atoms with Crippen LogP contribution in [0.4, 0.5) is 11.4 Å². The lowest BCUT2D eigenvalue weighted by Gasteiger charge is -2.10. The number of thioether (sulfide) groups is 1. The molecule has 0 radical (unpaired) electrons. The van der Waals surface area contributed by atoms with E-state index in [1.807, 2.05) is 6.07 Å². The van der Waals surface area contributed by atoms with Gasteiger partial charge in [0.2, 0.25) is 5.91 Å². The number of para-hydroxylation sites is 2. The third-order valence-corrected chi connectivity index (χ3v) is 5.39. The average Bonchev–Trinajstić information content (AvgIpc) is 2.82. The molecule has 32 heavy (non-hydrogen) atoms. The largest absolute Gasteiger partial charge is 0.495 e. The molecule has 0 atom stereocenters. The molecule has 2 aromatic carbocycles. The predicted molar refractivity (Wildman–Crippen MR) is 121 cm³/mol. The Hall–Kier alpha value is -3.92. The number of carbonyl (C=O) groups is 2. The fourth-order valence-corrected chi connectivity index (χ4v) is 3.59. The highest BCUT2D eigenvalue weighted by molar-refractivity contribution is 8.00. The summed E-state index contributed by atoms with van der Waals surface area (Å²) in [6.45, 7) is 0.268. The summed E-state index contributed by atoms with van der Waals surface area (Å²) in [5.41, 5.74) is 1.03. The molecule has 0 saturated carbocycles. The molecule has 0 saturated heterocycles. The fourth-order valence-electron chi connectivity index (χ4n) is 2.75. The second kappa shape index (κ2) is 10.9. The molecule has 164 valence electrons. The minimum absolute atomic E-state index is 0.0135. The first-order valence-electron chi connectivity index (χ1n) is 9.50. The van der Waals surface area contributed by atoms with Crippen LogP contribution in [0.3, 0.4) is 0 Å². The number of amides is 2. The van der Waals surface area contributed by atoms with Crippen molar-refractivity contribution in [3.05, 3.63) is 88.2 Å². The molecule has 0 aliphatic rings. The van der Waals surface area contributed by atoms with Crippen LogP contribution in [-0.2, 0) is 11.3 Å². The molecule has 2 N–H and O–H groups in total. The van der Waals surface area contributed by atoms with Crippen molar-refractivity contribution in [3.63, 3.8) is 0 Å². The van der Waals surface area contributed by atoms with E-state index in [2.05, 4.69) is 15.6 Å². The lowest BCUT2D eigenvalue weighted by Crippen LogP contribution is -2.25. The van der Waals surface area contributed by atoms with Gasteiger partial charge in [-0.25, -0.2) is 0 Å². The van der Waals surface area contributed by atoms with Crippen molar-refractivity contribution in [2.45, 2.75) is 11.4 Å².